The lowest BCUT2D eigenvalue weighted by Crippen LogP contribution is -2.35. The summed E-state index contributed by atoms with van der Waals surface area (Å²) in [7, 11) is 0. The number of carbonyl (C=O) groups excluding carboxylic acids is 1. The van der Waals surface area contributed by atoms with E-state index in [4.69, 9.17) is 26.8 Å². The number of carboxylic acids is 1. The second-order valence-electron chi connectivity index (χ2n) is 5.68. The van der Waals surface area contributed by atoms with Crippen LogP contribution >= 0.6 is 24.0 Å². The molecule has 0 bridgehead atoms. The van der Waals surface area contributed by atoms with Crippen molar-refractivity contribution in [3.8, 4) is 5.75 Å². The normalized spacial score (nSPS) is 22.0. The summed E-state index contributed by atoms with van der Waals surface area (Å²) in [6, 6.07) is 6.87. The van der Waals surface area contributed by atoms with Gasteiger partial charge in [0.15, 0.2) is 6.61 Å². The van der Waals surface area contributed by atoms with Crippen LogP contribution in [0.25, 0.3) is 6.08 Å². The van der Waals surface area contributed by atoms with Crippen LogP contribution in [-0.2, 0) is 14.3 Å². The highest BCUT2D eigenvalue weighted by Gasteiger charge is 2.34. The minimum atomic E-state index is -1.03. The van der Waals surface area contributed by atoms with Crippen LogP contribution in [0.2, 0.25) is 0 Å². The summed E-state index contributed by atoms with van der Waals surface area (Å²) in [5.41, 5.74) is 0.820. The van der Waals surface area contributed by atoms with E-state index in [2.05, 4.69) is 0 Å². The third-order valence-electron chi connectivity index (χ3n) is 3.82. The monoisotopic (exact) mass is 379 g/mol. The number of nitrogens with zero attached hydrogens (tertiary/aromatic N) is 1. The number of aliphatic carboxylic acids is 1. The minimum absolute atomic E-state index is 0.0625. The predicted octanol–water partition coefficient (Wildman–Crippen LogP) is 2.53. The molecule has 2 aliphatic heterocycles. The Balaban J connectivity index is 1.65. The number of carbonyl (C=O) groups is 2. The number of ether oxygens (including phenoxy) is 2. The molecule has 2 heterocycles. The first-order valence-corrected chi connectivity index (χ1v) is 9.07. The first kappa shape index (κ1) is 17.9. The Hall–Kier alpha value is -1.90. The molecule has 0 spiro atoms. The van der Waals surface area contributed by atoms with Crippen molar-refractivity contribution in [2.75, 3.05) is 19.8 Å². The van der Waals surface area contributed by atoms with Gasteiger partial charge in [0, 0.05) is 6.61 Å². The van der Waals surface area contributed by atoms with Crippen molar-refractivity contribution in [1.82, 2.24) is 4.90 Å². The lowest BCUT2D eigenvalue weighted by atomic mass is 10.2. The van der Waals surface area contributed by atoms with Gasteiger partial charge in [-0.15, -0.1) is 0 Å². The zero-order chi connectivity index (χ0) is 17.8. The summed E-state index contributed by atoms with van der Waals surface area (Å²) in [4.78, 5) is 25.2. The number of benzene rings is 1. The number of carboxylic acid groups (broad SMARTS) is 1. The minimum Gasteiger partial charge on any atom is -0.482 e. The van der Waals surface area contributed by atoms with Gasteiger partial charge in [-0.2, -0.15) is 0 Å². The summed E-state index contributed by atoms with van der Waals surface area (Å²) < 4.78 is 11.2. The average molecular weight is 379 g/mol. The van der Waals surface area contributed by atoms with Gasteiger partial charge in [-0.05, 0) is 36.6 Å². The number of hydrogen-bond acceptors (Lipinski definition) is 6. The highest BCUT2D eigenvalue weighted by molar-refractivity contribution is 8.26. The van der Waals surface area contributed by atoms with E-state index in [1.165, 1.54) is 11.8 Å². The molecular formula is C17H17NO5S2. The highest BCUT2D eigenvalue weighted by atomic mass is 32.2. The lowest BCUT2D eigenvalue weighted by Gasteiger charge is -2.18. The Morgan fingerprint density at radius 1 is 1.44 bits per heavy atom. The van der Waals surface area contributed by atoms with Crippen LogP contribution < -0.4 is 4.74 Å². The van der Waals surface area contributed by atoms with Crippen molar-refractivity contribution in [2.45, 2.75) is 18.9 Å². The summed E-state index contributed by atoms with van der Waals surface area (Å²) in [5, 5.41) is 8.60. The number of amides is 1. The topological polar surface area (TPSA) is 76.1 Å². The summed E-state index contributed by atoms with van der Waals surface area (Å²) in [6.07, 6.45) is 3.81. The van der Waals surface area contributed by atoms with Crippen LogP contribution in [0.5, 0.6) is 5.75 Å². The van der Waals surface area contributed by atoms with Gasteiger partial charge in [-0.3, -0.25) is 9.69 Å². The van der Waals surface area contributed by atoms with E-state index in [0.717, 1.165) is 25.0 Å². The van der Waals surface area contributed by atoms with E-state index in [-0.39, 0.29) is 18.6 Å². The van der Waals surface area contributed by atoms with Gasteiger partial charge in [-0.1, -0.05) is 36.1 Å². The van der Waals surface area contributed by atoms with Crippen molar-refractivity contribution < 1.29 is 24.2 Å². The van der Waals surface area contributed by atoms with Crippen molar-refractivity contribution in [1.29, 1.82) is 0 Å². The third kappa shape index (κ3) is 4.59. The van der Waals surface area contributed by atoms with Gasteiger partial charge in [-0.25, -0.2) is 4.79 Å². The Kier molecular flexibility index (Phi) is 5.72. The fraction of sp³-hybridized carbons (Fsp3) is 0.353. The fourth-order valence-electron chi connectivity index (χ4n) is 2.61. The Morgan fingerprint density at radius 3 is 2.84 bits per heavy atom. The molecule has 1 aromatic carbocycles. The van der Waals surface area contributed by atoms with Crippen LogP contribution in [0, 0.1) is 0 Å². The summed E-state index contributed by atoms with van der Waals surface area (Å²) >= 11 is 6.60. The number of thiocarbonyl (C=S) groups is 1. The molecule has 0 aliphatic carbocycles. The number of hydrogen-bond donors (Lipinski definition) is 1. The summed E-state index contributed by atoms with van der Waals surface area (Å²) in [6.45, 7) is 0.858. The molecule has 2 fully saturated rings. The van der Waals surface area contributed by atoms with Gasteiger partial charge in [0.2, 0.25) is 0 Å². The molecule has 6 nitrogen and oxygen atoms in total. The van der Waals surface area contributed by atoms with E-state index >= 15 is 0 Å². The Morgan fingerprint density at radius 2 is 2.20 bits per heavy atom. The smallest absolute Gasteiger partial charge is 0.341 e. The maximum atomic E-state index is 12.6. The molecule has 25 heavy (non-hydrogen) atoms. The van der Waals surface area contributed by atoms with E-state index in [1.54, 1.807) is 35.2 Å². The van der Waals surface area contributed by atoms with Crippen LogP contribution in [0.3, 0.4) is 0 Å². The number of rotatable bonds is 6. The molecule has 0 radical (unpaired) electrons. The van der Waals surface area contributed by atoms with Gasteiger partial charge in [0.05, 0.1) is 17.6 Å². The maximum Gasteiger partial charge on any atom is 0.341 e. The molecule has 0 unspecified atom stereocenters. The molecule has 8 heteroatoms. The molecule has 3 rings (SSSR count). The average Bonchev–Trinajstić information content (AvgIpc) is 3.19. The second-order valence-corrected chi connectivity index (χ2v) is 7.35. The quantitative estimate of drug-likeness (QED) is 0.601. The van der Waals surface area contributed by atoms with Crippen molar-refractivity contribution in [2.24, 2.45) is 0 Å². The molecule has 1 N–H and O–H groups in total. The summed E-state index contributed by atoms with van der Waals surface area (Å²) in [5.74, 6) is -0.666. The largest absolute Gasteiger partial charge is 0.482 e. The van der Waals surface area contributed by atoms with Crippen LogP contribution in [0.1, 0.15) is 18.4 Å². The van der Waals surface area contributed by atoms with Crippen molar-refractivity contribution in [3.63, 3.8) is 0 Å². The fourth-order valence-corrected chi connectivity index (χ4v) is 3.88. The zero-order valence-corrected chi connectivity index (χ0v) is 15.0. The van der Waals surface area contributed by atoms with Crippen LogP contribution in [-0.4, -0.2) is 52.1 Å². The molecule has 0 aromatic heterocycles. The van der Waals surface area contributed by atoms with Gasteiger partial charge in [0.25, 0.3) is 5.91 Å². The second kappa shape index (κ2) is 7.99. The van der Waals surface area contributed by atoms with Gasteiger partial charge in [0.1, 0.15) is 10.1 Å². The van der Waals surface area contributed by atoms with Crippen molar-refractivity contribution in [3.05, 3.63) is 34.7 Å². The Labute approximate surface area is 154 Å². The SMILES string of the molecule is O=C(O)COc1ccc(/C=C2\SC(=S)N(C[C@@H]3CCCO3)C2=O)cc1. The first-order valence-electron chi connectivity index (χ1n) is 7.84. The standard InChI is InChI=1S/C17H17NO5S2/c19-15(20)10-23-12-5-3-11(4-6-12)8-14-16(21)18(17(24)25-14)9-13-2-1-7-22-13/h3-6,8,13H,1-2,7,9-10H2,(H,19,20)/b14-8-/t13-/m0/s1. The van der Waals surface area contributed by atoms with E-state index < -0.39 is 5.97 Å². The molecule has 2 aliphatic rings. The van der Waals surface area contributed by atoms with Crippen LogP contribution in [0.15, 0.2) is 29.2 Å². The Bertz CT molecular complexity index is 710. The molecule has 1 atom stereocenters. The first-order chi connectivity index (χ1) is 12.0. The molecule has 1 aromatic rings. The molecule has 1 amide bonds. The molecule has 132 valence electrons. The molecule has 0 saturated carbocycles. The van der Waals surface area contributed by atoms with Gasteiger partial charge < -0.3 is 14.6 Å². The molecular weight excluding hydrogens is 362 g/mol. The third-order valence-corrected chi connectivity index (χ3v) is 5.20. The predicted molar refractivity (Wildman–Crippen MR) is 98.4 cm³/mol. The van der Waals surface area contributed by atoms with E-state index in [9.17, 15) is 9.59 Å². The lowest BCUT2D eigenvalue weighted by molar-refractivity contribution is -0.139. The zero-order valence-electron chi connectivity index (χ0n) is 13.3. The van der Waals surface area contributed by atoms with Crippen LogP contribution in [0.4, 0.5) is 0 Å². The van der Waals surface area contributed by atoms with Gasteiger partial charge >= 0.3 is 5.97 Å². The van der Waals surface area contributed by atoms with Crippen molar-refractivity contribution >= 4 is 46.3 Å². The number of thioether (sulfide) groups is 1. The van der Waals surface area contributed by atoms with E-state index in [0.29, 0.717) is 21.5 Å². The highest BCUT2D eigenvalue weighted by Crippen LogP contribution is 2.33. The van der Waals surface area contributed by atoms with E-state index in [1.807, 2.05) is 0 Å². The maximum absolute atomic E-state index is 12.6. The molecule has 2 saturated heterocycles.